The zero-order valence-electron chi connectivity index (χ0n) is 20.2. The van der Waals surface area contributed by atoms with E-state index < -0.39 is 0 Å². The number of hydrogen-bond donors (Lipinski definition) is 0. The predicted octanol–water partition coefficient (Wildman–Crippen LogP) is 5.72. The van der Waals surface area contributed by atoms with E-state index in [9.17, 15) is 4.79 Å². The van der Waals surface area contributed by atoms with Crippen molar-refractivity contribution in [2.75, 3.05) is 14.2 Å². The van der Waals surface area contributed by atoms with Gasteiger partial charge in [-0.1, -0.05) is 48.2 Å². The van der Waals surface area contributed by atoms with Gasteiger partial charge in [0.2, 0.25) is 5.89 Å². The molecule has 8 heteroatoms. The summed E-state index contributed by atoms with van der Waals surface area (Å²) in [6.07, 6.45) is 0. The highest BCUT2D eigenvalue weighted by molar-refractivity contribution is 7.98. The Balaban J connectivity index is 1.48. The Labute approximate surface area is 212 Å². The molecule has 0 fully saturated rings. The van der Waals surface area contributed by atoms with Crippen LogP contribution in [0.5, 0.6) is 11.5 Å². The van der Waals surface area contributed by atoms with E-state index in [-0.39, 0.29) is 5.56 Å². The van der Waals surface area contributed by atoms with Gasteiger partial charge in [0.25, 0.3) is 5.56 Å². The van der Waals surface area contributed by atoms with E-state index in [1.807, 2.05) is 79.7 Å². The second-order valence-electron chi connectivity index (χ2n) is 8.16. The van der Waals surface area contributed by atoms with Crippen molar-refractivity contribution >= 4 is 22.7 Å². The number of ether oxygens (including phenoxy) is 2. The standard InChI is InChI=1S/C28H25N3O4S/c1-18-24(29-26(35-18)22-9-5-7-11-25(22)34-3)17-36-28-30-23-10-6-4-8-21(23)27(32)31(28)16-19-12-14-20(33-2)15-13-19/h4-15H,16-17H2,1-3H3. The average Bonchev–Trinajstić information content (AvgIpc) is 3.29. The SMILES string of the molecule is COc1ccc(Cn2c(SCc3nc(-c4ccccc4OC)oc3C)nc3ccccc3c2=O)cc1. The van der Waals surface area contributed by atoms with Crippen LogP contribution in [-0.4, -0.2) is 28.8 Å². The molecular formula is C28H25N3O4S. The Kier molecular flexibility index (Phi) is 6.77. The van der Waals surface area contributed by atoms with Crippen molar-refractivity contribution in [2.24, 2.45) is 0 Å². The van der Waals surface area contributed by atoms with Crippen molar-refractivity contribution in [3.8, 4) is 23.0 Å². The lowest BCUT2D eigenvalue weighted by Gasteiger charge is -2.13. The van der Waals surface area contributed by atoms with Gasteiger partial charge in [-0.3, -0.25) is 9.36 Å². The molecule has 2 heterocycles. The number of para-hydroxylation sites is 2. The highest BCUT2D eigenvalue weighted by atomic mass is 32.2. The number of methoxy groups -OCH3 is 2. The topological polar surface area (TPSA) is 79.4 Å². The van der Waals surface area contributed by atoms with Crippen LogP contribution < -0.4 is 15.0 Å². The van der Waals surface area contributed by atoms with E-state index in [0.29, 0.717) is 45.8 Å². The number of hydrogen-bond acceptors (Lipinski definition) is 7. The lowest BCUT2D eigenvalue weighted by molar-refractivity contribution is 0.414. The number of fused-ring (bicyclic) bond motifs is 1. The Morgan fingerprint density at radius 2 is 1.67 bits per heavy atom. The van der Waals surface area contributed by atoms with Crippen molar-refractivity contribution in [1.82, 2.24) is 14.5 Å². The summed E-state index contributed by atoms with van der Waals surface area (Å²) in [5, 5.41) is 1.21. The second-order valence-corrected chi connectivity index (χ2v) is 9.10. The maximum Gasteiger partial charge on any atom is 0.262 e. The molecule has 0 saturated carbocycles. The van der Waals surface area contributed by atoms with Gasteiger partial charge in [-0.25, -0.2) is 9.97 Å². The first-order valence-corrected chi connectivity index (χ1v) is 12.4. The molecule has 5 rings (SSSR count). The third-order valence-electron chi connectivity index (χ3n) is 5.89. The molecule has 0 saturated heterocycles. The number of thioether (sulfide) groups is 1. The molecule has 7 nitrogen and oxygen atoms in total. The lowest BCUT2D eigenvalue weighted by atomic mass is 10.2. The Morgan fingerprint density at radius 1 is 0.917 bits per heavy atom. The minimum Gasteiger partial charge on any atom is -0.497 e. The summed E-state index contributed by atoms with van der Waals surface area (Å²) in [5.74, 6) is 3.18. The first-order valence-electron chi connectivity index (χ1n) is 11.4. The zero-order chi connectivity index (χ0) is 25.1. The molecule has 0 spiro atoms. The first kappa shape index (κ1) is 23.7. The van der Waals surface area contributed by atoms with Crippen molar-refractivity contribution in [3.05, 3.63) is 100 Å². The minimum absolute atomic E-state index is 0.0782. The molecule has 5 aromatic rings. The van der Waals surface area contributed by atoms with E-state index in [4.69, 9.17) is 23.9 Å². The third kappa shape index (κ3) is 4.72. The molecule has 0 aliphatic heterocycles. The predicted molar refractivity (Wildman–Crippen MR) is 141 cm³/mol. The van der Waals surface area contributed by atoms with Gasteiger partial charge in [0, 0.05) is 5.75 Å². The first-order chi connectivity index (χ1) is 17.6. The normalized spacial score (nSPS) is 11.1. The molecule has 0 atom stereocenters. The van der Waals surface area contributed by atoms with Crippen molar-refractivity contribution in [2.45, 2.75) is 24.4 Å². The smallest absolute Gasteiger partial charge is 0.262 e. The van der Waals surface area contributed by atoms with Crippen LogP contribution in [0.1, 0.15) is 17.0 Å². The molecule has 0 N–H and O–H groups in total. The van der Waals surface area contributed by atoms with Gasteiger partial charge in [0.1, 0.15) is 17.3 Å². The van der Waals surface area contributed by atoms with E-state index in [1.165, 1.54) is 11.8 Å². The maximum atomic E-state index is 13.5. The number of rotatable bonds is 8. The molecule has 0 radical (unpaired) electrons. The fourth-order valence-corrected chi connectivity index (χ4v) is 4.94. The van der Waals surface area contributed by atoms with Crippen LogP contribution in [0, 0.1) is 6.92 Å². The van der Waals surface area contributed by atoms with Crippen LogP contribution in [0.3, 0.4) is 0 Å². The number of oxazole rings is 1. The molecule has 36 heavy (non-hydrogen) atoms. The summed E-state index contributed by atoms with van der Waals surface area (Å²) < 4.78 is 18.4. The minimum atomic E-state index is -0.0782. The number of aromatic nitrogens is 3. The molecule has 0 aliphatic carbocycles. The van der Waals surface area contributed by atoms with Gasteiger partial charge >= 0.3 is 0 Å². The van der Waals surface area contributed by atoms with Crippen molar-refractivity contribution in [1.29, 1.82) is 0 Å². The zero-order valence-corrected chi connectivity index (χ0v) is 21.0. The van der Waals surface area contributed by atoms with Gasteiger partial charge < -0.3 is 13.9 Å². The quantitative estimate of drug-likeness (QED) is 0.200. The monoisotopic (exact) mass is 499 g/mol. The summed E-state index contributed by atoms with van der Waals surface area (Å²) in [4.78, 5) is 23.0. The lowest BCUT2D eigenvalue weighted by Crippen LogP contribution is -2.24. The highest BCUT2D eigenvalue weighted by Gasteiger charge is 2.17. The summed E-state index contributed by atoms with van der Waals surface area (Å²) >= 11 is 1.46. The third-order valence-corrected chi connectivity index (χ3v) is 6.88. The maximum absolute atomic E-state index is 13.5. The number of aryl methyl sites for hydroxylation is 1. The van der Waals surface area contributed by atoms with Gasteiger partial charge in [0.15, 0.2) is 5.16 Å². The number of benzene rings is 3. The summed E-state index contributed by atoms with van der Waals surface area (Å²) in [6, 6.07) is 22.7. The molecule has 0 bridgehead atoms. The van der Waals surface area contributed by atoms with Crippen LogP contribution in [0.2, 0.25) is 0 Å². The van der Waals surface area contributed by atoms with Crippen LogP contribution >= 0.6 is 11.8 Å². The molecule has 0 aliphatic rings. The van der Waals surface area contributed by atoms with Gasteiger partial charge in [-0.15, -0.1) is 0 Å². The average molecular weight is 500 g/mol. The molecular weight excluding hydrogens is 474 g/mol. The van der Waals surface area contributed by atoms with E-state index in [0.717, 1.165) is 22.6 Å². The largest absolute Gasteiger partial charge is 0.497 e. The Morgan fingerprint density at radius 3 is 2.44 bits per heavy atom. The van der Waals surface area contributed by atoms with Gasteiger partial charge in [-0.2, -0.15) is 0 Å². The van der Waals surface area contributed by atoms with E-state index in [1.54, 1.807) is 18.8 Å². The molecule has 0 unspecified atom stereocenters. The summed E-state index contributed by atoms with van der Waals surface area (Å²) in [7, 11) is 3.26. The fraction of sp³-hybridized carbons (Fsp3) is 0.179. The molecule has 2 aromatic heterocycles. The van der Waals surface area contributed by atoms with Crippen LogP contribution in [0.15, 0.2) is 87.2 Å². The fourth-order valence-electron chi connectivity index (χ4n) is 3.94. The summed E-state index contributed by atoms with van der Waals surface area (Å²) in [6.45, 7) is 2.29. The van der Waals surface area contributed by atoms with Crippen LogP contribution in [0.4, 0.5) is 0 Å². The van der Waals surface area contributed by atoms with E-state index in [2.05, 4.69) is 0 Å². The molecule has 0 amide bonds. The number of nitrogens with zero attached hydrogens (tertiary/aromatic N) is 3. The Bertz CT molecular complexity index is 1570. The highest BCUT2D eigenvalue weighted by Crippen LogP contribution is 2.32. The summed E-state index contributed by atoms with van der Waals surface area (Å²) in [5.41, 5.74) is 3.15. The van der Waals surface area contributed by atoms with Crippen molar-refractivity contribution in [3.63, 3.8) is 0 Å². The van der Waals surface area contributed by atoms with E-state index >= 15 is 0 Å². The van der Waals surface area contributed by atoms with Crippen LogP contribution in [0.25, 0.3) is 22.4 Å². The van der Waals surface area contributed by atoms with Crippen LogP contribution in [-0.2, 0) is 12.3 Å². The Hall–Kier alpha value is -4.04. The second kappa shape index (κ2) is 10.3. The van der Waals surface area contributed by atoms with Crippen molar-refractivity contribution < 1.29 is 13.9 Å². The van der Waals surface area contributed by atoms with Gasteiger partial charge in [0.05, 0.1) is 42.9 Å². The molecule has 182 valence electrons. The molecule has 3 aromatic carbocycles. The van der Waals surface area contributed by atoms with Gasteiger partial charge in [-0.05, 0) is 48.9 Å².